The summed E-state index contributed by atoms with van der Waals surface area (Å²) in [5, 5.41) is 12.4. The third-order valence-electron chi connectivity index (χ3n) is 1.18. The molecule has 1 N–H and O–H groups in total. The molecule has 0 heterocycles. The molecule has 0 aromatic rings. The van der Waals surface area contributed by atoms with Crippen LogP contribution in [-0.2, 0) is 0 Å². The third-order valence-corrected chi connectivity index (χ3v) is 1.18. The van der Waals surface area contributed by atoms with Crippen molar-refractivity contribution in [1.82, 2.24) is 5.32 Å². The number of aliphatic hydroxyl groups excluding tert-OH is 1. The van der Waals surface area contributed by atoms with Gasteiger partial charge in [0.15, 0.2) is 0 Å². The lowest BCUT2D eigenvalue weighted by atomic mass is 10.2. The van der Waals surface area contributed by atoms with E-state index in [1.165, 1.54) is 19.3 Å². The molecule has 0 unspecified atom stereocenters. The molecule has 0 aromatic carbocycles. The van der Waals surface area contributed by atoms with Crippen LogP contribution in [0.4, 0.5) is 0 Å². The summed E-state index contributed by atoms with van der Waals surface area (Å²) in [6.45, 7) is 3.91. The highest BCUT2D eigenvalue weighted by molar-refractivity contribution is 4.44. The fraction of sp³-hybridized carbons (Fsp3) is 1.00. The molecule has 2 heteroatoms. The van der Waals surface area contributed by atoms with Crippen LogP contribution in [0, 0.1) is 0 Å². The average molecular weight is 130 g/mol. The first-order valence-corrected chi connectivity index (χ1v) is 3.66. The van der Waals surface area contributed by atoms with E-state index in [0.717, 1.165) is 6.54 Å². The zero-order valence-corrected chi connectivity index (χ0v) is 6.14. The van der Waals surface area contributed by atoms with Gasteiger partial charge in [0.25, 0.3) is 0 Å². The fourth-order valence-electron chi connectivity index (χ4n) is 0.656. The lowest BCUT2D eigenvalue weighted by Gasteiger charge is -1.96. The molecule has 0 aliphatic heterocycles. The van der Waals surface area contributed by atoms with Crippen molar-refractivity contribution < 1.29 is 5.11 Å². The Balaban J connectivity index is 2.60. The van der Waals surface area contributed by atoms with Gasteiger partial charge in [0.2, 0.25) is 0 Å². The summed E-state index contributed by atoms with van der Waals surface area (Å²) in [5.74, 6) is 0. The third kappa shape index (κ3) is 7.92. The zero-order chi connectivity index (χ0) is 6.95. The molecule has 0 aromatic heterocycles. The molecule has 0 saturated carbocycles. The van der Waals surface area contributed by atoms with Gasteiger partial charge < -0.3 is 5.11 Å². The van der Waals surface area contributed by atoms with Crippen molar-refractivity contribution in [2.24, 2.45) is 0 Å². The van der Waals surface area contributed by atoms with Gasteiger partial charge in [-0.3, -0.25) is 0 Å². The Morgan fingerprint density at radius 1 is 1.22 bits per heavy atom. The van der Waals surface area contributed by atoms with Gasteiger partial charge in [0, 0.05) is 13.1 Å². The molecule has 0 bridgehead atoms. The van der Waals surface area contributed by atoms with Crippen molar-refractivity contribution in [1.29, 1.82) is 0 Å². The highest BCUT2D eigenvalue weighted by Gasteiger charge is 1.85. The SMILES string of the molecule is CCCCC[N]CCO. The molecular weight excluding hydrogens is 114 g/mol. The molecule has 0 fully saturated rings. The predicted octanol–water partition coefficient (Wildman–Crippen LogP) is 0.773. The molecule has 0 aliphatic carbocycles. The van der Waals surface area contributed by atoms with Gasteiger partial charge in [-0.2, -0.15) is 0 Å². The Labute approximate surface area is 57.3 Å². The topological polar surface area (TPSA) is 34.3 Å². The Morgan fingerprint density at radius 2 is 2.00 bits per heavy atom. The van der Waals surface area contributed by atoms with Crippen LogP contribution in [0.5, 0.6) is 0 Å². The van der Waals surface area contributed by atoms with Crippen molar-refractivity contribution in [2.75, 3.05) is 19.7 Å². The minimum atomic E-state index is 0.201. The quantitative estimate of drug-likeness (QED) is 0.529. The molecule has 2 nitrogen and oxygen atoms in total. The second-order valence-electron chi connectivity index (χ2n) is 2.10. The number of hydrogen-bond donors (Lipinski definition) is 1. The van der Waals surface area contributed by atoms with Crippen molar-refractivity contribution >= 4 is 0 Å². The van der Waals surface area contributed by atoms with Gasteiger partial charge in [0.1, 0.15) is 0 Å². The van der Waals surface area contributed by atoms with Crippen LogP contribution >= 0.6 is 0 Å². The maximum absolute atomic E-state index is 8.33. The fourth-order valence-corrected chi connectivity index (χ4v) is 0.656. The maximum Gasteiger partial charge on any atom is 0.0572 e. The number of hydrogen-bond acceptors (Lipinski definition) is 1. The van der Waals surface area contributed by atoms with E-state index in [-0.39, 0.29) is 6.61 Å². The summed E-state index contributed by atoms with van der Waals surface area (Å²) < 4.78 is 0. The van der Waals surface area contributed by atoms with Crippen molar-refractivity contribution in [3.8, 4) is 0 Å². The Bertz CT molecular complexity index is 42.2. The van der Waals surface area contributed by atoms with Crippen LogP contribution in [0.3, 0.4) is 0 Å². The summed E-state index contributed by atoms with van der Waals surface area (Å²) in [5.41, 5.74) is 0. The van der Waals surface area contributed by atoms with Gasteiger partial charge in [-0.25, -0.2) is 5.32 Å². The first kappa shape index (κ1) is 8.92. The van der Waals surface area contributed by atoms with Crippen LogP contribution in [0.1, 0.15) is 26.2 Å². The minimum Gasteiger partial charge on any atom is -0.395 e. The van der Waals surface area contributed by atoms with Crippen LogP contribution in [-0.4, -0.2) is 24.8 Å². The summed E-state index contributed by atoms with van der Waals surface area (Å²) in [6, 6.07) is 0. The van der Waals surface area contributed by atoms with Gasteiger partial charge >= 0.3 is 0 Å². The highest BCUT2D eigenvalue weighted by atomic mass is 16.3. The molecule has 0 amide bonds. The standard InChI is InChI=1S/C7H16NO/c1-2-3-4-5-8-6-7-9/h9H,2-7H2,1H3. The number of unbranched alkanes of at least 4 members (excludes halogenated alkanes) is 2. The van der Waals surface area contributed by atoms with E-state index in [0.29, 0.717) is 6.54 Å². The lowest BCUT2D eigenvalue weighted by molar-refractivity contribution is 0.290. The number of nitrogens with zero attached hydrogens (tertiary/aromatic N) is 1. The molecular formula is C7H16NO. The summed E-state index contributed by atoms with van der Waals surface area (Å²) >= 11 is 0. The molecule has 0 atom stereocenters. The Kier molecular flexibility index (Phi) is 7.85. The maximum atomic E-state index is 8.33. The first-order chi connectivity index (χ1) is 4.41. The highest BCUT2D eigenvalue weighted by Crippen LogP contribution is 1.90. The molecule has 0 rings (SSSR count). The normalized spacial score (nSPS) is 10.0. The summed E-state index contributed by atoms with van der Waals surface area (Å²) in [6.07, 6.45) is 3.68. The van der Waals surface area contributed by atoms with Crippen molar-refractivity contribution in [3.63, 3.8) is 0 Å². The largest absolute Gasteiger partial charge is 0.395 e. The summed E-state index contributed by atoms with van der Waals surface area (Å²) in [7, 11) is 0. The van der Waals surface area contributed by atoms with Gasteiger partial charge in [-0.15, -0.1) is 0 Å². The molecule has 9 heavy (non-hydrogen) atoms. The van der Waals surface area contributed by atoms with Crippen LogP contribution in [0.25, 0.3) is 0 Å². The molecule has 0 aliphatic rings. The number of aliphatic hydroxyl groups is 1. The Morgan fingerprint density at radius 3 is 2.56 bits per heavy atom. The smallest absolute Gasteiger partial charge is 0.0572 e. The van der Waals surface area contributed by atoms with Gasteiger partial charge in [-0.05, 0) is 6.42 Å². The van der Waals surface area contributed by atoms with E-state index >= 15 is 0 Å². The molecule has 55 valence electrons. The summed E-state index contributed by atoms with van der Waals surface area (Å²) in [4.78, 5) is 0. The van der Waals surface area contributed by atoms with Crippen LogP contribution < -0.4 is 5.32 Å². The van der Waals surface area contributed by atoms with E-state index in [1.807, 2.05) is 0 Å². The van der Waals surface area contributed by atoms with Crippen molar-refractivity contribution in [3.05, 3.63) is 0 Å². The van der Waals surface area contributed by atoms with Gasteiger partial charge in [-0.1, -0.05) is 19.8 Å². The average Bonchev–Trinajstić information content (AvgIpc) is 1.89. The zero-order valence-electron chi connectivity index (χ0n) is 6.14. The molecule has 1 radical (unpaired) electrons. The van der Waals surface area contributed by atoms with E-state index in [1.54, 1.807) is 0 Å². The van der Waals surface area contributed by atoms with E-state index in [9.17, 15) is 0 Å². The second-order valence-corrected chi connectivity index (χ2v) is 2.10. The Hall–Kier alpha value is -0.0800. The van der Waals surface area contributed by atoms with E-state index in [2.05, 4.69) is 12.2 Å². The van der Waals surface area contributed by atoms with Crippen LogP contribution in [0.2, 0.25) is 0 Å². The monoisotopic (exact) mass is 130 g/mol. The first-order valence-electron chi connectivity index (χ1n) is 3.66. The van der Waals surface area contributed by atoms with Crippen molar-refractivity contribution in [2.45, 2.75) is 26.2 Å². The van der Waals surface area contributed by atoms with Crippen LogP contribution in [0.15, 0.2) is 0 Å². The van der Waals surface area contributed by atoms with E-state index in [4.69, 9.17) is 5.11 Å². The molecule has 0 saturated heterocycles. The molecule has 0 spiro atoms. The lowest BCUT2D eigenvalue weighted by Crippen LogP contribution is -2.11. The predicted molar refractivity (Wildman–Crippen MR) is 38.5 cm³/mol. The number of rotatable bonds is 6. The van der Waals surface area contributed by atoms with E-state index < -0.39 is 0 Å². The minimum absolute atomic E-state index is 0.201. The van der Waals surface area contributed by atoms with Gasteiger partial charge in [0.05, 0.1) is 6.61 Å². The second kappa shape index (κ2) is 7.92.